The van der Waals surface area contributed by atoms with E-state index in [1.807, 2.05) is 13.8 Å². The highest BCUT2D eigenvalue weighted by atomic mass is 16.5. The summed E-state index contributed by atoms with van der Waals surface area (Å²) in [4.78, 5) is 47.6. The van der Waals surface area contributed by atoms with Crippen molar-refractivity contribution < 1.29 is 33.8 Å². The van der Waals surface area contributed by atoms with Crippen molar-refractivity contribution >= 4 is 23.8 Å². The molecule has 0 aromatic carbocycles. The van der Waals surface area contributed by atoms with E-state index in [1.165, 1.54) is 0 Å². The summed E-state index contributed by atoms with van der Waals surface area (Å²) in [5.74, 6) is -4.77. The average Bonchev–Trinajstić information content (AvgIpc) is 2.49. The van der Waals surface area contributed by atoms with Gasteiger partial charge in [0.25, 0.3) is 0 Å². The normalized spacial score (nSPS) is 14.3. The fourth-order valence-electron chi connectivity index (χ4n) is 2.16. The van der Waals surface area contributed by atoms with Crippen molar-refractivity contribution in [2.45, 2.75) is 52.7 Å². The van der Waals surface area contributed by atoms with Gasteiger partial charge in [-0.05, 0) is 26.2 Å². The van der Waals surface area contributed by atoms with Gasteiger partial charge in [0, 0.05) is 0 Å². The largest absolute Gasteiger partial charge is 0.466 e. The Morgan fingerprint density at radius 3 is 2.08 bits per heavy atom. The number of nitrogens with one attached hydrogen (secondary N) is 1. The SMILES string of the molecule is CCOC(=O)C[C@@H](C(=O)OCC)[C@@H](NC(=O)[C@@H](O)CC(C)C)C(N)=O. The molecule has 9 heteroatoms. The van der Waals surface area contributed by atoms with Crippen LogP contribution in [0.25, 0.3) is 0 Å². The second-order valence-corrected chi connectivity index (χ2v) is 5.90. The third-order valence-electron chi connectivity index (χ3n) is 3.29. The average molecular weight is 360 g/mol. The minimum atomic E-state index is -1.50. The summed E-state index contributed by atoms with van der Waals surface area (Å²) in [6.45, 7) is 6.88. The van der Waals surface area contributed by atoms with Crippen LogP contribution in [0, 0.1) is 11.8 Å². The van der Waals surface area contributed by atoms with Gasteiger partial charge < -0.3 is 25.6 Å². The zero-order valence-electron chi connectivity index (χ0n) is 15.1. The van der Waals surface area contributed by atoms with Gasteiger partial charge in [-0.25, -0.2) is 0 Å². The molecule has 3 atom stereocenters. The topological polar surface area (TPSA) is 145 Å². The number of hydrogen-bond donors (Lipinski definition) is 3. The van der Waals surface area contributed by atoms with Gasteiger partial charge >= 0.3 is 11.9 Å². The highest BCUT2D eigenvalue weighted by Crippen LogP contribution is 2.14. The fraction of sp³-hybridized carbons (Fsp3) is 0.750. The van der Waals surface area contributed by atoms with Crippen molar-refractivity contribution in [1.82, 2.24) is 5.32 Å². The molecule has 0 rings (SSSR count). The zero-order valence-corrected chi connectivity index (χ0v) is 15.1. The number of esters is 2. The lowest BCUT2D eigenvalue weighted by atomic mass is 9.94. The lowest BCUT2D eigenvalue weighted by Crippen LogP contribution is -2.54. The van der Waals surface area contributed by atoms with Crippen molar-refractivity contribution in [3.05, 3.63) is 0 Å². The summed E-state index contributed by atoms with van der Waals surface area (Å²) in [6, 6.07) is -1.50. The maximum absolute atomic E-state index is 12.1. The molecule has 9 nitrogen and oxygen atoms in total. The number of ether oxygens (including phenoxy) is 2. The molecule has 0 fully saturated rings. The van der Waals surface area contributed by atoms with Crippen molar-refractivity contribution in [3.63, 3.8) is 0 Å². The predicted octanol–water partition coefficient (Wildman–Crippen LogP) is -0.504. The molecule has 0 bridgehead atoms. The van der Waals surface area contributed by atoms with Crippen LogP contribution < -0.4 is 11.1 Å². The molecule has 144 valence electrons. The summed E-state index contributed by atoms with van der Waals surface area (Å²) >= 11 is 0. The Bertz CT molecular complexity index is 479. The Morgan fingerprint density at radius 2 is 1.64 bits per heavy atom. The fourth-order valence-corrected chi connectivity index (χ4v) is 2.16. The molecular formula is C16H28N2O7. The van der Waals surface area contributed by atoms with Gasteiger partial charge in [0.15, 0.2) is 0 Å². The number of hydrogen-bond acceptors (Lipinski definition) is 7. The van der Waals surface area contributed by atoms with E-state index in [9.17, 15) is 24.3 Å². The molecule has 0 aromatic heterocycles. The molecule has 25 heavy (non-hydrogen) atoms. The van der Waals surface area contributed by atoms with Crippen molar-refractivity contribution in [3.8, 4) is 0 Å². The number of carbonyl (C=O) groups excluding carboxylic acids is 4. The molecule has 0 saturated carbocycles. The Hall–Kier alpha value is -2.16. The highest BCUT2D eigenvalue weighted by Gasteiger charge is 2.38. The molecule has 0 aliphatic carbocycles. The zero-order chi connectivity index (χ0) is 19.6. The number of rotatable bonds is 11. The predicted molar refractivity (Wildman–Crippen MR) is 88.0 cm³/mol. The Morgan fingerprint density at radius 1 is 1.08 bits per heavy atom. The molecule has 0 aliphatic heterocycles. The summed E-state index contributed by atoms with van der Waals surface area (Å²) in [6.07, 6.45) is -1.69. The Labute approximate surface area is 147 Å². The van der Waals surface area contributed by atoms with Gasteiger partial charge in [-0.15, -0.1) is 0 Å². The molecule has 0 radical (unpaired) electrons. The molecule has 0 unspecified atom stereocenters. The third kappa shape index (κ3) is 8.48. The second kappa shape index (κ2) is 11.4. The van der Waals surface area contributed by atoms with Gasteiger partial charge in [0.05, 0.1) is 25.6 Å². The molecule has 4 N–H and O–H groups in total. The van der Waals surface area contributed by atoms with Crippen LogP contribution in [0.1, 0.15) is 40.5 Å². The van der Waals surface area contributed by atoms with E-state index in [0.717, 1.165) is 0 Å². The van der Waals surface area contributed by atoms with Crippen LogP contribution in [0.15, 0.2) is 0 Å². The molecule has 0 spiro atoms. The smallest absolute Gasteiger partial charge is 0.312 e. The van der Waals surface area contributed by atoms with E-state index >= 15 is 0 Å². The van der Waals surface area contributed by atoms with Crippen LogP contribution in [-0.2, 0) is 28.7 Å². The van der Waals surface area contributed by atoms with E-state index in [4.69, 9.17) is 15.2 Å². The van der Waals surface area contributed by atoms with E-state index < -0.39 is 48.2 Å². The van der Waals surface area contributed by atoms with Crippen LogP contribution >= 0.6 is 0 Å². The summed E-state index contributed by atoms with van der Waals surface area (Å²) in [7, 11) is 0. The molecule has 0 saturated heterocycles. The van der Waals surface area contributed by atoms with Crippen LogP contribution in [0.2, 0.25) is 0 Å². The van der Waals surface area contributed by atoms with Crippen molar-refractivity contribution in [2.24, 2.45) is 17.6 Å². The van der Waals surface area contributed by atoms with Crippen molar-refractivity contribution in [1.29, 1.82) is 0 Å². The molecule has 0 aromatic rings. The summed E-state index contributed by atoms with van der Waals surface area (Å²) in [5.41, 5.74) is 5.28. The van der Waals surface area contributed by atoms with Crippen LogP contribution in [-0.4, -0.2) is 54.2 Å². The maximum Gasteiger partial charge on any atom is 0.312 e. The standard InChI is InChI=1S/C16H28N2O7/c1-5-24-12(20)8-10(16(23)25-6-2)13(14(17)21)18-15(22)11(19)7-9(3)4/h9-11,13,19H,5-8H2,1-4H3,(H2,17,21)(H,18,22)/t10-,11+,13-/m1/s1. The second-order valence-electron chi connectivity index (χ2n) is 5.90. The third-order valence-corrected chi connectivity index (χ3v) is 3.29. The van der Waals surface area contributed by atoms with Gasteiger partial charge in [0.2, 0.25) is 11.8 Å². The van der Waals surface area contributed by atoms with E-state index in [-0.39, 0.29) is 25.6 Å². The molecule has 0 heterocycles. The van der Waals surface area contributed by atoms with Gasteiger partial charge in [0.1, 0.15) is 12.1 Å². The van der Waals surface area contributed by atoms with Crippen LogP contribution in [0.4, 0.5) is 0 Å². The van der Waals surface area contributed by atoms with Gasteiger partial charge in [-0.3, -0.25) is 19.2 Å². The van der Waals surface area contributed by atoms with Gasteiger partial charge in [-0.1, -0.05) is 13.8 Å². The first-order valence-corrected chi connectivity index (χ1v) is 8.23. The van der Waals surface area contributed by atoms with Crippen molar-refractivity contribution in [2.75, 3.05) is 13.2 Å². The van der Waals surface area contributed by atoms with E-state index in [0.29, 0.717) is 0 Å². The maximum atomic E-state index is 12.1. The number of amides is 2. The Kier molecular flexibility index (Phi) is 10.4. The number of aliphatic hydroxyl groups is 1. The first-order valence-electron chi connectivity index (χ1n) is 8.23. The Balaban J connectivity index is 5.32. The minimum absolute atomic E-state index is 0.0214. The summed E-state index contributed by atoms with van der Waals surface area (Å²) in [5, 5.41) is 12.1. The first-order chi connectivity index (χ1) is 11.6. The highest BCUT2D eigenvalue weighted by molar-refractivity contribution is 5.93. The van der Waals surface area contributed by atoms with E-state index in [1.54, 1.807) is 13.8 Å². The number of carbonyl (C=O) groups is 4. The molecular weight excluding hydrogens is 332 g/mol. The lowest BCUT2D eigenvalue weighted by molar-refractivity contribution is -0.157. The quantitative estimate of drug-likeness (QED) is 0.421. The van der Waals surface area contributed by atoms with Crippen LogP contribution in [0.3, 0.4) is 0 Å². The number of aliphatic hydroxyl groups excluding tert-OH is 1. The lowest BCUT2D eigenvalue weighted by Gasteiger charge is -2.25. The number of primary amides is 1. The van der Waals surface area contributed by atoms with E-state index in [2.05, 4.69) is 5.32 Å². The van der Waals surface area contributed by atoms with Crippen LogP contribution in [0.5, 0.6) is 0 Å². The summed E-state index contributed by atoms with van der Waals surface area (Å²) < 4.78 is 9.63. The molecule has 0 aliphatic rings. The number of nitrogens with two attached hydrogens (primary N) is 1. The molecule has 2 amide bonds. The monoisotopic (exact) mass is 360 g/mol. The minimum Gasteiger partial charge on any atom is -0.466 e. The van der Waals surface area contributed by atoms with Gasteiger partial charge in [-0.2, -0.15) is 0 Å². The first kappa shape index (κ1) is 22.8.